The van der Waals surface area contributed by atoms with Crippen molar-refractivity contribution in [3.8, 4) is 0 Å². The number of nitrogens with zero attached hydrogens (tertiary/aromatic N) is 2. The number of carbonyl (C=O) groups excluding carboxylic acids is 1. The van der Waals surface area contributed by atoms with E-state index in [9.17, 15) is 4.79 Å². The van der Waals surface area contributed by atoms with Crippen molar-refractivity contribution in [3.05, 3.63) is 18.7 Å². The summed E-state index contributed by atoms with van der Waals surface area (Å²) >= 11 is 1.85. The standard InChI is InChI=1S/C13H20N4OS/c18-13(11-8-19-7-5-15-11)16-10-2-1-3-12(10)17-6-4-14-9-17/h4,6,9-12,15H,1-3,5,7-8H2,(H,16,18). The Bertz CT molecular complexity index is 416. The van der Waals surface area contributed by atoms with E-state index in [4.69, 9.17) is 0 Å². The van der Waals surface area contributed by atoms with Crippen molar-refractivity contribution in [2.75, 3.05) is 18.1 Å². The molecule has 0 bridgehead atoms. The van der Waals surface area contributed by atoms with Gasteiger partial charge in [-0.25, -0.2) is 4.98 Å². The summed E-state index contributed by atoms with van der Waals surface area (Å²) in [5.74, 6) is 2.14. The zero-order chi connectivity index (χ0) is 13.1. The number of carbonyl (C=O) groups is 1. The molecule has 0 aromatic carbocycles. The van der Waals surface area contributed by atoms with E-state index in [-0.39, 0.29) is 18.0 Å². The second-order valence-electron chi connectivity index (χ2n) is 5.20. The normalized spacial score (nSPS) is 31.3. The van der Waals surface area contributed by atoms with E-state index in [0.29, 0.717) is 6.04 Å². The molecule has 3 rings (SSSR count). The van der Waals surface area contributed by atoms with Gasteiger partial charge >= 0.3 is 0 Å². The maximum Gasteiger partial charge on any atom is 0.238 e. The first-order valence-electron chi connectivity index (χ1n) is 6.93. The molecular formula is C13H20N4OS. The maximum atomic E-state index is 12.3. The summed E-state index contributed by atoms with van der Waals surface area (Å²) in [6.45, 7) is 0.929. The average molecular weight is 280 g/mol. The first-order chi connectivity index (χ1) is 9.34. The summed E-state index contributed by atoms with van der Waals surface area (Å²) in [6, 6.07) is 0.584. The van der Waals surface area contributed by atoms with Gasteiger partial charge in [0.2, 0.25) is 5.91 Å². The van der Waals surface area contributed by atoms with Crippen LogP contribution < -0.4 is 10.6 Å². The molecule has 2 aliphatic rings. The minimum Gasteiger partial charge on any atom is -0.350 e. The van der Waals surface area contributed by atoms with E-state index in [1.54, 1.807) is 6.20 Å². The third-order valence-electron chi connectivity index (χ3n) is 3.95. The first kappa shape index (κ1) is 13.0. The molecule has 0 spiro atoms. The lowest BCUT2D eigenvalue weighted by molar-refractivity contribution is -0.123. The van der Waals surface area contributed by atoms with Gasteiger partial charge in [-0.1, -0.05) is 0 Å². The Morgan fingerprint density at radius 3 is 3.16 bits per heavy atom. The molecule has 3 atom stereocenters. The number of hydrogen-bond donors (Lipinski definition) is 2. The number of imidazole rings is 1. The summed E-state index contributed by atoms with van der Waals surface area (Å²) in [6.07, 6.45) is 8.99. The van der Waals surface area contributed by atoms with Gasteiger partial charge in [0.05, 0.1) is 18.4 Å². The summed E-state index contributed by atoms with van der Waals surface area (Å²) in [5.41, 5.74) is 0. The van der Waals surface area contributed by atoms with E-state index < -0.39 is 0 Å². The lowest BCUT2D eigenvalue weighted by Gasteiger charge is -2.27. The zero-order valence-corrected chi connectivity index (χ0v) is 11.7. The van der Waals surface area contributed by atoms with Crippen molar-refractivity contribution in [3.63, 3.8) is 0 Å². The van der Waals surface area contributed by atoms with Crippen molar-refractivity contribution in [2.24, 2.45) is 0 Å². The highest BCUT2D eigenvalue weighted by Crippen LogP contribution is 2.30. The molecule has 19 heavy (non-hydrogen) atoms. The van der Waals surface area contributed by atoms with Crippen LogP contribution in [0.2, 0.25) is 0 Å². The highest BCUT2D eigenvalue weighted by Gasteiger charge is 2.31. The third kappa shape index (κ3) is 2.95. The Balaban J connectivity index is 1.60. The highest BCUT2D eigenvalue weighted by atomic mass is 32.2. The van der Waals surface area contributed by atoms with Crippen molar-refractivity contribution in [1.29, 1.82) is 0 Å². The van der Waals surface area contributed by atoms with Crippen LogP contribution in [-0.2, 0) is 4.79 Å². The maximum absolute atomic E-state index is 12.3. The van der Waals surface area contributed by atoms with Crippen LogP contribution in [0.5, 0.6) is 0 Å². The number of amides is 1. The van der Waals surface area contributed by atoms with E-state index >= 15 is 0 Å². The van der Waals surface area contributed by atoms with Gasteiger partial charge in [0.25, 0.3) is 0 Å². The van der Waals surface area contributed by atoms with Gasteiger partial charge in [0, 0.05) is 36.5 Å². The Hall–Kier alpha value is -1.01. The van der Waals surface area contributed by atoms with Crippen LogP contribution in [0.3, 0.4) is 0 Å². The van der Waals surface area contributed by atoms with Gasteiger partial charge in [-0.2, -0.15) is 11.8 Å². The smallest absolute Gasteiger partial charge is 0.238 e. The van der Waals surface area contributed by atoms with Crippen molar-refractivity contribution < 1.29 is 4.79 Å². The molecule has 2 heterocycles. The largest absolute Gasteiger partial charge is 0.350 e. The number of thioether (sulfide) groups is 1. The summed E-state index contributed by atoms with van der Waals surface area (Å²) in [4.78, 5) is 16.4. The molecule has 1 aliphatic carbocycles. The van der Waals surface area contributed by atoms with E-state index in [0.717, 1.165) is 30.9 Å². The molecule has 1 aromatic heterocycles. The Labute approximate surface area is 117 Å². The monoisotopic (exact) mass is 280 g/mol. The predicted octanol–water partition coefficient (Wildman–Crippen LogP) is 0.798. The van der Waals surface area contributed by atoms with Gasteiger partial charge in [-0.15, -0.1) is 0 Å². The Morgan fingerprint density at radius 1 is 1.47 bits per heavy atom. The number of hydrogen-bond acceptors (Lipinski definition) is 4. The molecule has 2 N–H and O–H groups in total. The first-order valence-corrected chi connectivity index (χ1v) is 8.09. The van der Waals surface area contributed by atoms with Gasteiger partial charge in [0.15, 0.2) is 0 Å². The number of nitrogens with one attached hydrogen (secondary N) is 2. The molecule has 104 valence electrons. The molecule has 1 amide bonds. The Morgan fingerprint density at radius 2 is 2.42 bits per heavy atom. The zero-order valence-electron chi connectivity index (χ0n) is 10.9. The predicted molar refractivity (Wildman–Crippen MR) is 76.2 cm³/mol. The lowest BCUT2D eigenvalue weighted by atomic mass is 10.1. The average Bonchev–Trinajstić information content (AvgIpc) is 3.10. The van der Waals surface area contributed by atoms with E-state index in [2.05, 4.69) is 20.2 Å². The molecule has 6 heteroatoms. The molecule has 0 radical (unpaired) electrons. The molecule has 1 aromatic rings. The fraction of sp³-hybridized carbons (Fsp3) is 0.692. The van der Waals surface area contributed by atoms with Gasteiger partial charge in [-0.3, -0.25) is 4.79 Å². The highest BCUT2D eigenvalue weighted by molar-refractivity contribution is 7.99. The van der Waals surface area contributed by atoms with Gasteiger partial charge in [0.1, 0.15) is 0 Å². The van der Waals surface area contributed by atoms with Crippen molar-refractivity contribution in [1.82, 2.24) is 20.2 Å². The fourth-order valence-electron chi connectivity index (χ4n) is 2.95. The van der Waals surface area contributed by atoms with Crippen LogP contribution in [0.15, 0.2) is 18.7 Å². The fourth-order valence-corrected chi connectivity index (χ4v) is 3.88. The minimum atomic E-state index is -0.0252. The topological polar surface area (TPSA) is 59.0 Å². The van der Waals surface area contributed by atoms with Crippen LogP contribution in [0.25, 0.3) is 0 Å². The lowest BCUT2D eigenvalue weighted by Crippen LogP contribution is -2.52. The van der Waals surface area contributed by atoms with Crippen LogP contribution in [0.1, 0.15) is 25.3 Å². The summed E-state index contributed by atoms with van der Waals surface area (Å²) in [5, 5.41) is 6.51. The van der Waals surface area contributed by atoms with Crippen LogP contribution in [0.4, 0.5) is 0 Å². The summed E-state index contributed by atoms with van der Waals surface area (Å²) in [7, 11) is 0. The van der Waals surface area contributed by atoms with Crippen molar-refractivity contribution >= 4 is 17.7 Å². The molecular weight excluding hydrogens is 260 g/mol. The quantitative estimate of drug-likeness (QED) is 0.860. The van der Waals surface area contributed by atoms with Gasteiger partial charge < -0.3 is 15.2 Å². The molecule has 1 saturated carbocycles. The minimum absolute atomic E-state index is 0.0252. The molecule has 2 fully saturated rings. The van der Waals surface area contributed by atoms with E-state index in [1.165, 1.54) is 6.42 Å². The SMILES string of the molecule is O=C(NC1CCCC1n1ccnc1)C1CSCCN1. The number of rotatable bonds is 3. The van der Waals surface area contributed by atoms with Gasteiger partial charge in [-0.05, 0) is 19.3 Å². The number of aromatic nitrogens is 2. The van der Waals surface area contributed by atoms with Crippen LogP contribution >= 0.6 is 11.8 Å². The second-order valence-corrected chi connectivity index (χ2v) is 6.35. The third-order valence-corrected chi connectivity index (χ3v) is 5.01. The van der Waals surface area contributed by atoms with Crippen LogP contribution in [0, 0.1) is 0 Å². The summed E-state index contributed by atoms with van der Waals surface area (Å²) < 4.78 is 2.13. The molecule has 1 aliphatic heterocycles. The molecule has 1 saturated heterocycles. The molecule has 3 unspecified atom stereocenters. The second kappa shape index (κ2) is 5.96. The van der Waals surface area contributed by atoms with E-state index in [1.807, 2.05) is 24.3 Å². The molecule has 5 nitrogen and oxygen atoms in total. The van der Waals surface area contributed by atoms with Crippen molar-refractivity contribution in [2.45, 2.75) is 37.4 Å². The Kier molecular flexibility index (Phi) is 4.08. The van der Waals surface area contributed by atoms with Crippen LogP contribution in [-0.4, -0.2) is 45.6 Å².